The van der Waals surface area contributed by atoms with Crippen molar-refractivity contribution in [3.8, 4) is 0 Å². The maximum absolute atomic E-state index is 6.24. The molecule has 0 aliphatic carbocycles. The average Bonchev–Trinajstić information content (AvgIpc) is 2.36. The molecule has 2 rings (SSSR count). The lowest BCUT2D eigenvalue weighted by Gasteiger charge is -2.13. The first-order valence-electron chi connectivity index (χ1n) is 6.02. The molecule has 3 heteroatoms. The Morgan fingerprint density at radius 2 is 1.72 bits per heavy atom. The van der Waals surface area contributed by atoms with Crippen LogP contribution in [0.3, 0.4) is 0 Å². The SMILES string of the molecule is Cc1cc(C)cc(C(N)CSc2ccncc2)c1. The van der Waals surface area contributed by atoms with E-state index < -0.39 is 0 Å². The van der Waals surface area contributed by atoms with Crippen molar-refractivity contribution in [2.75, 3.05) is 5.75 Å². The van der Waals surface area contributed by atoms with Gasteiger partial charge in [-0.15, -0.1) is 11.8 Å². The van der Waals surface area contributed by atoms with Gasteiger partial charge in [-0.3, -0.25) is 4.98 Å². The van der Waals surface area contributed by atoms with Crippen LogP contribution in [0.5, 0.6) is 0 Å². The predicted octanol–water partition coefficient (Wildman–Crippen LogP) is 3.49. The number of thioether (sulfide) groups is 1. The van der Waals surface area contributed by atoms with Crippen LogP contribution in [0.15, 0.2) is 47.6 Å². The molecule has 0 amide bonds. The largest absolute Gasteiger partial charge is 0.323 e. The first-order valence-corrected chi connectivity index (χ1v) is 7.00. The van der Waals surface area contributed by atoms with Gasteiger partial charge in [-0.2, -0.15) is 0 Å². The maximum Gasteiger partial charge on any atom is 0.0390 e. The van der Waals surface area contributed by atoms with Crippen molar-refractivity contribution in [1.29, 1.82) is 0 Å². The Kier molecular flexibility index (Phi) is 4.39. The van der Waals surface area contributed by atoms with E-state index in [1.807, 2.05) is 24.5 Å². The molecule has 2 aromatic rings. The second kappa shape index (κ2) is 6.03. The summed E-state index contributed by atoms with van der Waals surface area (Å²) in [5.74, 6) is 0.882. The normalized spacial score (nSPS) is 12.4. The minimum Gasteiger partial charge on any atom is -0.323 e. The lowest BCUT2D eigenvalue weighted by Crippen LogP contribution is -2.13. The van der Waals surface area contributed by atoms with Gasteiger partial charge in [0.05, 0.1) is 0 Å². The third kappa shape index (κ3) is 3.59. The number of aryl methyl sites for hydroxylation is 2. The summed E-state index contributed by atoms with van der Waals surface area (Å²) >= 11 is 1.77. The molecule has 94 valence electrons. The Morgan fingerprint density at radius 1 is 1.11 bits per heavy atom. The van der Waals surface area contributed by atoms with Gasteiger partial charge in [0.1, 0.15) is 0 Å². The molecule has 0 saturated heterocycles. The fourth-order valence-corrected chi connectivity index (χ4v) is 2.82. The third-order valence-corrected chi connectivity index (χ3v) is 3.88. The number of hydrogen-bond donors (Lipinski definition) is 1. The van der Waals surface area contributed by atoms with E-state index in [1.54, 1.807) is 11.8 Å². The lowest BCUT2D eigenvalue weighted by molar-refractivity contribution is 0.828. The predicted molar refractivity (Wildman–Crippen MR) is 77.8 cm³/mol. The molecule has 0 aliphatic heterocycles. The van der Waals surface area contributed by atoms with E-state index in [-0.39, 0.29) is 6.04 Å². The molecule has 1 heterocycles. The van der Waals surface area contributed by atoms with Crippen molar-refractivity contribution in [2.45, 2.75) is 24.8 Å². The van der Waals surface area contributed by atoms with Crippen LogP contribution in [0.25, 0.3) is 0 Å². The summed E-state index contributed by atoms with van der Waals surface area (Å²) in [5, 5.41) is 0. The van der Waals surface area contributed by atoms with E-state index >= 15 is 0 Å². The van der Waals surface area contributed by atoms with Gasteiger partial charge in [-0.25, -0.2) is 0 Å². The summed E-state index contributed by atoms with van der Waals surface area (Å²) in [6, 6.07) is 10.6. The smallest absolute Gasteiger partial charge is 0.0390 e. The van der Waals surface area contributed by atoms with Crippen molar-refractivity contribution < 1.29 is 0 Å². The summed E-state index contributed by atoms with van der Waals surface area (Å²) in [7, 11) is 0. The van der Waals surface area contributed by atoms with Crippen molar-refractivity contribution in [3.05, 3.63) is 59.4 Å². The van der Waals surface area contributed by atoms with Gasteiger partial charge in [0, 0.05) is 29.1 Å². The highest BCUT2D eigenvalue weighted by atomic mass is 32.2. The van der Waals surface area contributed by atoms with Gasteiger partial charge < -0.3 is 5.73 Å². The van der Waals surface area contributed by atoms with Crippen LogP contribution in [-0.2, 0) is 0 Å². The molecule has 1 aromatic heterocycles. The van der Waals surface area contributed by atoms with Gasteiger partial charge in [0.15, 0.2) is 0 Å². The highest BCUT2D eigenvalue weighted by Crippen LogP contribution is 2.23. The number of nitrogens with two attached hydrogens (primary N) is 1. The quantitative estimate of drug-likeness (QED) is 0.853. The minimum absolute atomic E-state index is 0.0711. The summed E-state index contributed by atoms with van der Waals surface area (Å²) in [6.07, 6.45) is 3.62. The maximum atomic E-state index is 6.24. The van der Waals surface area contributed by atoms with Crippen LogP contribution < -0.4 is 5.73 Å². The Hall–Kier alpha value is -1.32. The number of benzene rings is 1. The average molecular weight is 258 g/mol. The standard InChI is InChI=1S/C15H18N2S/c1-11-7-12(2)9-13(8-11)15(16)10-18-14-3-5-17-6-4-14/h3-9,15H,10,16H2,1-2H3. The Balaban J connectivity index is 2.01. The van der Waals surface area contributed by atoms with Crippen LogP contribution in [-0.4, -0.2) is 10.7 Å². The molecule has 1 unspecified atom stereocenters. The van der Waals surface area contributed by atoms with Crippen LogP contribution in [0, 0.1) is 13.8 Å². The zero-order valence-electron chi connectivity index (χ0n) is 10.8. The summed E-state index contributed by atoms with van der Waals surface area (Å²) in [6.45, 7) is 4.22. The van der Waals surface area contributed by atoms with E-state index in [2.05, 4.69) is 37.0 Å². The molecule has 1 atom stereocenters. The van der Waals surface area contributed by atoms with Gasteiger partial charge in [-0.05, 0) is 31.5 Å². The summed E-state index contributed by atoms with van der Waals surface area (Å²) in [5.41, 5.74) is 10.0. The van der Waals surface area contributed by atoms with E-state index in [9.17, 15) is 0 Å². The van der Waals surface area contributed by atoms with E-state index in [0.29, 0.717) is 0 Å². The number of aromatic nitrogens is 1. The third-order valence-electron chi connectivity index (χ3n) is 2.75. The monoisotopic (exact) mass is 258 g/mol. The minimum atomic E-state index is 0.0711. The number of pyridine rings is 1. The van der Waals surface area contributed by atoms with Crippen molar-refractivity contribution in [3.63, 3.8) is 0 Å². The summed E-state index contributed by atoms with van der Waals surface area (Å²) in [4.78, 5) is 5.22. The lowest BCUT2D eigenvalue weighted by atomic mass is 10.0. The van der Waals surface area contributed by atoms with E-state index in [1.165, 1.54) is 21.6 Å². The van der Waals surface area contributed by atoms with E-state index in [0.717, 1.165) is 5.75 Å². The molecular formula is C15H18N2S. The van der Waals surface area contributed by atoms with Gasteiger partial charge >= 0.3 is 0 Å². The molecule has 0 radical (unpaired) electrons. The van der Waals surface area contributed by atoms with Crippen LogP contribution >= 0.6 is 11.8 Å². The van der Waals surface area contributed by atoms with Crippen LogP contribution in [0.2, 0.25) is 0 Å². The molecule has 0 aliphatic rings. The Labute approximate surface area is 113 Å². The fraction of sp³-hybridized carbons (Fsp3) is 0.267. The van der Waals surface area contributed by atoms with Crippen molar-refractivity contribution in [1.82, 2.24) is 4.98 Å². The topological polar surface area (TPSA) is 38.9 Å². The number of rotatable bonds is 4. The number of nitrogens with zero attached hydrogens (tertiary/aromatic N) is 1. The second-order valence-electron chi connectivity index (χ2n) is 4.52. The zero-order valence-corrected chi connectivity index (χ0v) is 11.6. The van der Waals surface area contributed by atoms with Crippen molar-refractivity contribution >= 4 is 11.8 Å². The molecule has 1 aromatic carbocycles. The van der Waals surface area contributed by atoms with Crippen LogP contribution in [0.4, 0.5) is 0 Å². The highest BCUT2D eigenvalue weighted by molar-refractivity contribution is 7.99. The molecule has 0 bridgehead atoms. The number of hydrogen-bond acceptors (Lipinski definition) is 3. The first kappa shape index (κ1) is 13.1. The zero-order chi connectivity index (χ0) is 13.0. The van der Waals surface area contributed by atoms with Crippen molar-refractivity contribution in [2.24, 2.45) is 5.73 Å². The van der Waals surface area contributed by atoms with Gasteiger partial charge in [-0.1, -0.05) is 29.3 Å². The molecule has 0 fully saturated rings. The van der Waals surface area contributed by atoms with E-state index in [4.69, 9.17) is 5.73 Å². The first-order chi connectivity index (χ1) is 8.65. The van der Waals surface area contributed by atoms with Gasteiger partial charge in [0.25, 0.3) is 0 Å². The summed E-state index contributed by atoms with van der Waals surface area (Å²) < 4.78 is 0. The molecular weight excluding hydrogens is 240 g/mol. The Morgan fingerprint density at radius 3 is 2.33 bits per heavy atom. The highest BCUT2D eigenvalue weighted by Gasteiger charge is 2.07. The molecule has 2 N–H and O–H groups in total. The molecule has 18 heavy (non-hydrogen) atoms. The second-order valence-corrected chi connectivity index (χ2v) is 5.61. The molecule has 0 saturated carbocycles. The Bertz CT molecular complexity index is 491. The van der Waals surface area contributed by atoms with Gasteiger partial charge in [0.2, 0.25) is 0 Å². The fourth-order valence-electron chi connectivity index (χ4n) is 1.94. The molecule has 2 nitrogen and oxygen atoms in total. The molecule has 0 spiro atoms. The van der Waals surface area contributed by atoms with Crippen LogP contribution in [0.1, 0.15) is 22.7 Å².